The van der Waals surface area contributed by atoms with E-state index in [9.17, 15) is 4.79 Å². The summed E-state index contributed by atoms with van der Waals surface area (Å²) >= 11 is 0. The maximum absolute atomic E-state index is 11.6. The number of amides is 1. The average molecular weight is 266 g/mol. The highest BCUT2D eigenvalue weighted by molar-refractivity contribution is 5.90. The van der Waals surface area contributed by atoms with Gasteiger partial charge < -0.3 is 20.5 Å². The van der Waals surface area contributed by atoms with E-state index in [2.05, 4.69) is 5.32 Å². The van der Waals surface area contributed by atoms with E-state index >= 15 is 0 Å². The molecule has 0 spiro atoms. The van der Waals surface area contributed by atoms with E-state index in [-0.39, 0.29) is 5.91 Å². The van der Waals surface area contributed by atoms with Crippen molar-refractivity contribution < 1.29 is 14.3 Å². The zero-order valence-electron chi connectivity index (χ0n) is 11.4. The first kappa shape index (κ1) is 15.6. The molecule has 0 atom stereocenters. The van der Waals surface area contributed by atoms with Gasteiger partial charge in [-0.15, -0.1) is 0 Å². The lowest BCUT2D eigenvalue weighted by Gasteiger charge is -2.07. The summed E-state index contributed by atoms with van der Waals surface area (Å²) in [6.45, 7) is 4.56. The molecule has 0 radical (unpaired) electrons. The van der Waals surface area contributed by atoms with Crippen molar-refractivity contribution in [3.63, 3.8) is 0 Å². The first-order chi connectivity index (χ1) is 9.26. The molecule has 1 amide bonds. The molecule has 106 valence electrons. The summed E-state index contributed by atoms with van der Waals surface area (Å²) in [5.41, 5.74) is 7.30. The molecule has 0 unspecified atom stereocenters. The van der Waals surface area contributed by atoms with Crippen LogP contribution in [0.3, 0.4) is 0 Å². The Kier molecular flexibility index (Phi) is 7.81. The largest absolute Gasteiger partial charge is 0.379 e. The summed E-state index contributed by atoms with van der Waals surface area (Å²) in [4.78, 5) is 11.6. The highest BCUT2D eigenvalue weighted by Crippen LogP contribution is 2.10. The maximum atomic E-state index is 11.6. The smallest absolute Gasteiger partial charge is 0.226 e. The van der Waals surface area contributed by atoms with Crippen molar-refractivity contribution in [2.24, 2.45) is 5.73 Å². The normalized spacial score (nSPS) is 10.4. The Hall–Kier alpha value is -1.43. The minimum absolute atomic E-state index is 0.0643. The zero-order valence-corrected chi connectivity index (χ0v) is 11.4. The second-order valence-corrected chi connectivity index (χ2v) is 4.01. The van der Waals surface area contributed by atoms with Crippen LogP contribution in [-0.2, 0) is 20.8 Å². The predicted octanol–water partition coefficient (Wildman–Crippen LogP) is 1.53. The van der Waals surface area contributed by atoms with Crippen LogP contribution in [0.4, 0.5) is 5.69 Å². The predicted molar refractivity (Wildman–Crippen MR) is 74.9 cm³/mol. The van der Waals surface area contributed by atoms with Gasteiger partial charge in [-0.3, -0.25) is 4.79 Å². The van der Waals surface area contributed by atoms with Crippen LogP contribution in [-0.4, -0.2) is 32.3 Å². The van der Waals surface area contributed by atoms with E-state index in [1.807, 2.05) is 31.2 Å². The molecule has 0 aliphatic carbocycles. The molecule has 0 aromatic heterocycles. The second kappa shape index (κ2) is 9.49. The van der Waals surface area contributed by atoms with Gasteiger partial charge in [-0.05, 0) is 24.6 Å². The van der Waals surface area contributed by atoms with Crippen molar-refractivity contribution >= 4 is 11.6 Å². The number of benzene rings is 1. The fourth-order valence-electron chi connectivity index (χ4n) is 1.53. The molecule has 0 saturated heterocycles. The highest BCUT2D eigenvalue weighted by atomic mass is 16.5. The van der Waals surface area contributed by atoms with Gasteiger partial charge in [-0.25, -0.2) is 0 Å². The summed E-state index contributed by atoms with van der Waals surface area (Å²) in [5, 5.41) is 2.81. The second-order valence-electron chi connectivity index (χ2n) is 4.01. The van der Waals surface area contributed by atoms with Crippen molar-refractivity contribution in [1.29, 1.82) is 0 Å². The van der Waals surface area contributed by atoms with Crippen LogP contribution in [0.1, 0.15) is 18.9 Å². The molecule has 0 fully saturated rings. The fraction of sp³-hybridized carbons (Fsp3) is 0.500. The van der Waals surface area contributed by atoms with Gasteiger partial charge in [0.1, 0.15) is 0 Å². The molecule has 0 aliphatic rings. The molecule has 5 heteroatoms. The number of ether oxygens (including phenoxy) is 2. The number of hydrogen-bond donors (Lipinski definition) is 2. The van der Waals surface area contributed by atoms with Crippen LogP contribution in [0.5, 0.6) is 0 Å². The van der Waals surface area contributed by atoms with E-state index in [4.69, 9.17) is 15.2 Å². The van der Waals surface area contributed by atoms with E-state index in [1.54, 1.807) is 0 Å². The maximum Gasteiger partial charge on any atom is 0.226 e. The fourth-order valence-corrected chi connectivity index (χ4v) is 1.53. The van der Waals surface area contributed by atoms with Crippen molar-refractivity contribution in [2.45, 2.75) is 19.9 Å². The summed E-state index contributed by atoms with van der Waals surface area (Å²) in [5.74, 6) is -0.0643. The molecular weight excluding hydrogens is 244 g/mol. The molecule has 0 bridgehead atoms. The van der Waals surface area contributed by atoms with Gasteiger partial charge in [0.2, 0.25) is 5.91 Å². The Morgan fingerprint density at radius 1 is 1.26 bits per heavy atom. The van der Waals surface area contributed by atoms with E-state index < -0.39 is 0 Å². The summed E-state index contributed by atoms with van der Waals surface area (Å²) in [7, 11) is 0. The van der Waals surface area contributed by atoms with E-state index in [0.29, 0.717) is 39.4 Å². The molecule has 1 aromatic rings. The molecule has 0 aliphatic heterocycles. The Morgan fingerprint density at radius 3 is 2.79 bits per heavy atom. The van der Waals surface area contributed by atoms with Crippen LogP contribution in [0, 0.1) is 0 Å². The van der Waals surface area contributed by atoms with Gasteiger partial charge in [0.05, 0.1) is 26.2 Å². The van der Waals surface area contributed by atoms with Crippen LogP contribution < -0.4 is 11.1 Å². The summed E-state index contributed by atoms with van der Waals surface area (Å²) < 4.78 is 10.4. The standard InChI is InChI=1S/C14H22N2O3/c1-2-18-8-9-19-7-6-14(17)16-13-5-3-4-12(10-13)11-15/h3-5,10H,2,6-9,11,15H2,1H3,(H,16,17). The first-order valence-electron chi connectivity index (χ1n) is 6.50. The zero-order chi connectivity index (χ0) is 13.9. The third-order valence-corrected chi connectivity index (χ3v) is 2.50. The van der Waals surface area contributed by atoms with E-state index in [1.165, 1.54) is 0 Å². The van der Waals surface area contributed by atoms with Gasteiger partial charge in [-0.1, -0.05) is 12.1 Å². The van der Waals surface area contributed by atoms with Crippen molar-refractivity contribution in [3.8, 4) is 0 Å². The average Bonchev–Trinajstić information content (AvgIpc) is 2.43. The van der Waals surface area contributed by atoms with Gasteiger partial charge in [0, 0.05) is 18.8 Å². The van der Waals surface area contributed by atoms with Gasteiger partial charge in [-0.2, -0.15) is 0 Å². The van der Waals surface area contributed by atoms with Crippen LogP contribution >= 0.6 is 0 Å². The SMILES string of the molecule is CCOCCOCCC(=O)Nc1cccc(CN)c1. The minimum Gasteiger partial charge on any atom is -0.379 e. The number of rotatable bonds is 9. The van der Waals surface area contributed by atoms with Crippen LogP contribution in [0.25, 0.3) is 0 Å². The topological polar surface area (TPSA) is 73.6 Å². The Morgan fingerprint density at radius 2 is 2.05 bits per heavy atom. The molecule has 1 aromatic carbocycles. The molecule has 5 nitrogen and oxygen atoms in total. The minimum atomic E-state index is -0.0643. The molecule has 0 saturated carbocycles. The number of carbonyl (C=O) groups is 1. The Bertz CT molecular complexity index is 383. The number of nitrogens with two attached hydrogens (primary N) is 1. The van der Waals surface area contributed by atoms with Gasteiger partial charge >= 0.3 is 0 Å². The number of carbonyl (C=O) groups excluding carboxylic acids is 1. The van der Waals surface area contributed by atoms with Crippen molar-refractivity contribution in [1.82, 2.24) is 0 Å². The monoisotopic (exact) mass is 266 g/mol. The molecule has 3 N–H and O–H groups in total. The third kappa shape index (κ3) is 6.91. The molecule has 0 heterocycles. The number of nitrogens with one attached hydrogen (secondary N) is 1. The lowest BCUT2D eigenvalue weighted by atomic mass is 10.2. The van der Waals surface area contributed by atoms with Crippen LogP contribution in [0.15, 0.2) is 24.3 Å². The molecule has 1 rings (SSSR count). The summed E-state index contributed by atoms with van der Waals surface area (Å²) in [6, 6.07) is 7.50. The quantitative estimate of drug-likeness (QED) is 0.665. The highest BCUT2D eigenvalue weighted by Gasteiger charge is 2.02. The van der Waals surface area contributed by atoms with Gasteiger partial charge in [0.25, 0.3) is 0 Å². The van der Waals surface area contributed by atoms with E-state index in [0.717, 1.165) is 11.3 Å². The number of hydrogen-bond acceptors (Lipinski definition) is 4. The molecular formula is C14H22N2O3. The third-order valence-electron chi connectivity index (χ3n) is 2.50. The first-order valence-corrected chi connectivity index (χ1v) is 6.50. The van der Waals surface area contributed by atoms with Crippen LogP contribution in [0.2, 0.25) is 0 Å². The van der Waals surface area contributed by atoms with Gasteiger partial charge in [0.15, 0.2) is 0 Å². The summed E-state index contributed by atoms with van der Waals surface area (Å²) in [6.07, 6.45) is 0.332. The Labute approximate surface area is 114 Å². The Balaban J connectivity index is 2.19. The molecule has 19 heavy (non-hydrogen) atoms. The number of anilines is 1. The van der Waals surface area contributed by atoms with Crippen molar-refractivity contribution in [3.05, 3.63) is 29.8 Å². The van der Waals surface area contributed by atoms with Crippen molar-refractivity contribution in [2.75, 3.05) is 31.7 Å². The lowest BCUT2D eigenvalue weighted by Crippen LogP contribution is -2.15. The lowest BCUT2D eigenvalue weighted by molar-refractivity contribution is -0.117.